The second-order valence-electron chi connectivity index (χ2n) is 9.24. The van der Waals surface area contributed by atoms with E-state index in [1.807, 2.05) is 0 Å². The summed E-state index contributed by atoms with van der Waals surface area (Å²) in [7, 11) is 0. The molecule has 0 unspecified atom stereocenters. The minimum absolute atomic E-state index is 0.0337. The van der Waals surface area contributed by atoms with Gasteiger partial charge in [0.1, 0.15) is 12.4 Å². The minimum atomic E-state index is -0.272. The van der Waals surface area contributed by atoms with Gasteiger partial charge in [0, 0.05) is 29.5 Å². The van der Waals surface area contributed by atoms with E-state index in [1.54, 1.807) is 23.7 Å². The molecule has 1 fully saturated rings. The first-order valence-corrected chi connectivity index (χ1v) is 9.83. The minimum Gasteiger partial charge on any atom is -0.352 e. The third-order valence-corrected chi connectivity index (χ3v) is 5.28. The zero-order valence-corrected chi connectivity index (χ0v) is 17.5. The number of nitrogens with one attached hydrogen (secondary N) is 2. The van der Waals surface area contributed by atoms with Crippen LogP contribution in [0.4, 0.5) is 0 Å². The van der Waals surface area contributed by atoms with Crippen LogP contribution in [-0.2, 0) is 11.3 Å². The van der Waals surface area contributed by atoms with Gasteiger partial charge in [-0.2, -0.15) is 9.50 Å². The van der Waals surface area contributed by atoms with Crippen molar-refractivity contribution in [1.82, 2.24) is 34.8 Å². The lowest BCUT2D eigenvalue weighted by atomic mass is 9.79. The van der Waals surface area contributed by atoms with Crippen molar-refractivity contribution < 1.29 is 4.79 Å². The Morgan fingerprint density at radius 3 is 2.66 bits per heavy atom. The Morgan fingerprint density at radius 2 is 1.97 bits per heavy atom. The molecule has 9 heteroatoms. The summed E-state index contributed by atoms with van der Waals surface area (Å²) in [6.45, 7) is 10.3. The summed E-state index contributed by atoms with van der Waals surface area (Å²) in [4.78, 5) is 34.0. The van der Waals surface area contributed by atoms with E-state index >= 15 is 0 Å². The number of hydrogen-bond acceptors (Lipinski definition) is 6. The van der Waals surface area contributed by atoms with E-state index in [1.165, 1.54) is 10.8 Å². The summed E-state index contributed by atoms with van der Waals surface area (Å²) < 4.78 is 2.96. The summed E-state index contributed by atoms with van der Waals surface area (Å²) in [5.41, 5.74) is 0.226. The Morgan fingerprint density at radius 1 is 1.28 bits per heavy atom. The molecule has 0 bridgehead atoms. The molecule has 1 aliphatic rings. The van der Waals surface area contributed by atoms with Crippen LogP contribution in [0.5, 0.6) is 0 Å². The largest absolute Gasteiger partial charge is 0.352 e. The van der Waals surface area contributed by atoms with Crippen molar-refractivity contribution in [3.8, 4) is 0 Å². The van der Waals surface area contributed by atoms with Crippen LogP contribution >= 0.6 is 0 Å². The quantitative estimate of drug-likeness (QED) is 0.687. The zero-order chi connectivity index (χ0) is 21.0. The number of amides is 1. The molecule has 1 saturated heterocycles. The number of piperidine rings is 1. The van der Waals surface area contributed by atoms with Crippen molar-refractivity contribution >= 4 is 22.6 Å². The second-order valence-corrected chi connectivity index (χ2v) is 9.24. The van der Waals surface area contributed by atoms with Crippen molar-refractivity contribution in [3.63, 3.8) is 0 Å². The van der Waals surface area contributed by atoms with Gasteiger partial charge in [0.2, 0.25) is 5.91 Å². The summed E-state index contributed by atoms with van der Waals surface area (Å²) in [5, 5.41) is 11.4. The third-order valence-electron chi connectivity index (χ3n) is 5.28. The lowest BCUT2D eigenvalue weighted by Gasteiger charge is -2.46. The number of fused-ring (bicyclic) bond motifs is 3. The maximum atomic E-state index is 12.9. The van der Waals surface area contributed by atoms with Gasteiger partial charge in [0.15, 0.2) is 0 Å². The number of pyridine rings is 1. The molecule has 2 N–H and O–H groups in total. The fourth-order valence-electron chi connectivity index (χ4n) is 4.64. The highest BCUT2D eigenvalue weighted by Gasteiger charge is 2.38. The van der Waals surface area contributed by atoms with Gasteiger partial charge in [0.05, 0.1) is 10.9 Å². The van der Waals surface area contributed by atoms with Crippen molar-refractivity contribution in [2.24, 2.45) is 0 Å². The van der Waals surface area contributed by atoms with Gasteiger partial charge >= 0.3 is 0 Å². The van der Waals surface area contributed by atoms with E-state index in [4.69, 9.17) is 0 Å². The number of hydrogen-bond donors (Lipinski definition) is 2. The highest BCUT2D eigenvalue weighted by atomic mass is 16.2. The van der Waals surface area contributed by atoms with E-state index in [0.29, 0.717) is 22.5 Å². The molecule has 4 rings (SSSR count). The third kappa shape index (κ3) is 3.87. The van der Waals surface area contributed by atoms with Crippen LogP contribution in [0.2, 0.25) is 0 Å². The highest BCUT2D eigenvalue weighted by molar-refractivity contribution is 5.80. The molecule has 9 nitrogen and oxygen atoms in total. The van der Waals surface area contributed by atoms with Crippen molar-refractivity contribution in [2.75, 3.05) is 0 Å². The van der Waals surface area contributed by atoms with Crippen LogP contribution < -0.4 is 16.2 Å². The summed E-state index contributed by atoms with van der Waals surface area (Å²) in [5.74, 6) is 0.859. The molecular weight excluding hydrogens is 370 g/mol. The number of aromatic nitrogens is 5. The second kappa shape index (κ2) is 6.62. The molecule has 1 amide bonds. The Balaban J connectivity index is 1.56. The number of rotatable bonds is 3. The van der Waals surface area contributed by atoms with E-state index < -0.39 is 0 Å². The number of aryl methyl sites for hydroxylation is 1. The van der Waals surface area contributed by atoms with E-state index in [2.05, 4.69) is 53.4 Å². The van der Waals surface area contributed by atoms with Crippen molar-refractivity contribution in [3.05, 3.63) is 34.6 Å². The van der Waals surface area contributed by atoms with Gasteiger partial charge in [-0.05, 0) is 53.5 Å². The van der Waals surface area contributed by atoms with Gasteiger partial charge in [-0.25, -0.2) is 4.98 Å². The summed E-state index contributed by atoms with van der Waals surface area (Å²) in [6, 6.07) is 1.83. The molecule has 0 aliphatic carbocycles. The first-order chi connectivity index (χ1) is 13.5. The Hall–Kier alpha value is -2.81. The fourth-order valence-corrected chi connectivity index (χ4v) is 4.64. The van der Waals surface area contributed by atoms with Crippen LogP contribution in [0.25, 0.3) is 16.7 Å². The molecule has 0 radical (unpaired) electrons. The van der Waals surface area contributed by atoms with Crippen LogP contribution in [0.15, 0.2) is 23.3 Å². The Kier molecular flexibility index (Phi) is 4.45. The standard InChI is InChI=1S/C20H27N7O2/c1-12-22-18-21-10-14-15(27(18)24-12)6-7-26(17(14)29)11-16(28)23-13-8-19(2,3)25-20(4,5)9-13/h6-7,10,13,25H,8-9,11H2,1-5H3,(H,23,28). The van der Waals surface area contributed by atoms with Gasteiger partial charge in [-0.3, -0.25) is 9.59 Å². The Bertz CT molecular complexity index is 1140. The topological polar surface area (TPSA) is 106 Å². The van der Waals surface area contributed by atoms with Crippen LogP contribution in [-0.4, -0.2) is 47.2 Å². The predicted molar refractivity (Wildman–Crippen MR) is 110 cm³/mol. The maximum Gasteiger partial charge on any atom is 0.262 e. The molecule has 154 valence electrons. The van der Waals surface area contributed by atoms with Crippen LogP contribution in [0.3, 0.4) is 0 Å². The van der Waals surface area contributed by atoms with Crippen molar-refractivity contribution in [1.29, 1.82) is 0 Å². The smallest absolute Gasteiger partial charge is 0.262 e. The number of carbonyl (C=O) groups excluding carboxylic acids is 1. The zero-order valence-electron chi connectivity index (χ0n) is 17.5. The van der Waals surface area contributed by atoms with Gasteiger partial charge in [0.25, 0.3) is 11.3 Å². The van der Waals surface area contributed by atoms with E-state index in [0.717, 1.165) is 12.8 Å². The Labute approximate surface area is 168 Å². The molecule has 0 saturated carbocycles. The first-order valence-electron chi connectivity index (χ1n) is 9.83. The molecule has 0 atom stereocenters. The summed E-state index contributed by atoms with van der Waals surface area (Å²) in [6.07, 6.45) is 4.79. The van der Waals surface area contributed by atoms with Gasteiger partial charge in [-0.15, -0.1) is 5.10 Å². The lowest BCUT2D eigenvalue weighted by Crippen LogP contribution is -2.62. The van der Waals surface area contributed by atoms with Gasteiger partial charge in [-0.1, -0.05) is 0 Å². The normalized spacial score (nSPS) is 18.9. The maximum absolute atomic E-state index is 12.9. The number of nitrogens with zero attached hydrogens (tertiary/aromatic N) is 5. The molecular formula is C20H27N7O2. The molecule has 4 heterocycles. The monoisotopic (exact) mass is 397 g/mol. The fraction of sp³-hybridized carbons (Fsp3) is 0.550. The highest BCUT2D eigenvalue weighted by Crippen LogP contribution is 2.28. The average molecular weight is 397 g/mol. The van der Waals surface area contributed by atoms with Crippen molar-refractivity contribution in [2.45, 2.75) is 71.1 Å². The number of carbonyl (C=O) groups is 1. The first kappa shape index (κ1) is 19.5. The predicted octanol–water partition coefficient (Wildman–Crippen LogP) is 1.17. The molecule has 0 aromatic carbocycles. The van der Waals surface area contributed by atoms with Gasteiger partial charge < -0.3 is 15.2 Å². The molecule has 3 aromatic rings. The SMILES string of the molecule is Cc1nc2ncc3c(=O)n(CC(=O)NC4CC(C)(C)NC(C)(C)C4)ccc3n2n1. The molecule has 1 aliphatic heterocycles. The molecule has 0 spiro atoms. The van der Waals surface area contributed by atoms with Crippen LogP contribution in [0, 0.1) is 6.92 Å². The lowest BCUT2D eigenvalue weighted by molar-refractivity contribution is -0.123. The van der Waals surface area contributed by atoms with E-state index in [9.17, 15) is 9.59 Å². The molecule has 29 heavy (non-hydrogen) atoms. The average Bonchev–Trinajstić information content (AvgIpc) is 2.94. The summed E-state index contributed by atoms with van der Waals surface area (Å²) >= 11 is 0. The van der Waals surface area contributed by atoms with E-state index in [-0.39, 0.29) is 35.1 Å². The molecule has 3 aromatic heterocycles. The van der Waals surface area contributed by atoms with Crippen LogP contribution in [0.1, 0.15) is 46.4 Å².